The van der Waals surface area contributed by atoms with E-state index in [1.54, 1.807) is 0 Å². The molecule has 0 aliphatic carbocycles. The number of hydrogen-bond acceptors (Lipinski definition) is 2. The lowest BCUT2D eigenvalue weighted by Gasteiger charge is -2.13. The molecule has 1 unspecified atom stereocenters. The van der Waals surface area contributed by atoms with Gasteiger partial charge < -0.3 is 5.73 Å². The Morgan fingerprint density at radius 1 is 1.46 bits per heavy atom. The van der Waals surface area contributed by atoms with Crippen LogP contribution in [0, 0.1) is 0 Å². The molecule has 0 amide bonds. The monoisotopic (exact) mass is 257 g/mol. The maximum absolute atomic E-state index is 5.96. The average molecular weight is 258 g/mol. The molecule has 1 aliphatic rings. The third-order valence-corrected chi connectivity index (χ3v) is 4.43. The van der Waals surface area contributed by atoms with Crippen LogP contribution in [0.3, 0.4) is 0 Å². The van der Waals surface area contributed by atoms with E-state index in [0.717, 1.165) is 10.2 Å². The Labute approximate surface area is 91.2 Å². The van der Waals surface area contributed by atoms with E-state index in [9.17, 15) is 0 Å². The first-order valence-electron chi connectivity index (χ1n) is 4.44. The molecule has 0 aromatic heterocycles. The second-order valence-electron chi connectivity index (χ2n) is 3.24. The molecular formula is C10H12BrNS. The minimum atomic E-state index is 0.607. The summed E-state index contributed by atoms with van der Waals surface area (Å²) < 4.78 is 1.16. The van der Waals surface area contributed by atoms with Crippen molar-refractivity contribution in [2.24, 2.45) is 0 Å². The molecular weight excluding hydrogens is 246 g/mol. The quantitative estimate of drug-likeness (QED) is 0.779. The number of thioether (sulfide) groups is 1. The summed E-state index contributed by atoms with van der Waals surface area (Å²) in [4.78, 5) is 0. The van der Waals surface area contributed by atoms with Gasteiger partial charge in [0.2, 0.25) is 0 Å². The molecule has 1 heterocycles. The average Bonchev–Trinajstić information content (AvgIpc) is 2.57. The number of anilines is 1. The maximum Gasteiger partial charge on any atom is 0.0369 e. The zero-order valence-corrected chi connectivity index (χ0v) is 9.70. The van der Waals surface area contributed by atoms with Crippen LogP contribution in [0.5, 0.6) is 0 Å². The Morgan fingerprint density at radius 2 is 2.31 bits per heavy atom. The van der Waals surface area contributed by atoms with Crippen molar-refractivity contribution in [1.29, 1.82) is 0 Å². The summed E-state index contributed by atoms with van der Waals surface area (Å²) in [6, 6.07) is 6.05. The molecule has 1 fully saturated rings. The molecule has 0 bridgehead atoms. The summed E-state index contributed by atoms with van der Waals surface area (Å²) in [5.74, 6) is 1.27. The molecule has 2 N–H and O–H groups in total. The van der Waals surface area contributed by atoms with E-state index in [1.165, 1.54) is 24.2 Å². The Balaban J connectivity index is 2.37. The second-order valence-corrected chi connectivity index (χ2v) is 5.41. The van der Waals surface area contributed by atoms with E-state index in [-0.39, 0.29) is 0 Å². The number of rotatable bonds is 1. The Bertz CT molecular complexity index is 288. The predicted octanol–water partition coefficient (Wildman–Crippen LogP) is 3.60. The minimum Gasteiger partial charge on any atom is -0.398 e. The summed E-state index contributed by atoms with van der Waals surface area (Å²) in [5.41, 5.74) is 8.18. The van der Waals surface area contributed by atoms with Crippen LogP contribution in [0.1, 0.15) is 23.7 Å². The number of benzene rings is 1. The van der Waals surface area contributed by atoms with Crippen molar-refractivity contribution < 1.29 is 0 Å². The van der Waals surface area contributed by atoms with Gasteiger partial charge in [-0.1, -0.05) is 22.0 Å². The van der Waals surface area contributed by atoms with Crippen molar-refractivity contribution in [2.75, 3.05) is 11.5 Å². The molecule has 2 rings (SSSR count). The highest BCUT2D eigenvalue weighted by molar-refractivity contribution is 9.10. The predicted molar refractivity (Wildman–Crippen MR) is 63.0 cm³/mol. The summed E-state index contributed by atoms with van der Waals surface area (Å²) >= 11 is 5.58. The molecule has 1 aromatic rings. The van der Waals surface area contributed by atoms with Gasteiger partial charge >= 0.3 is 0 Å². The van der Waals surface area contributed by atoms with Gasteiger partial charge in [0.05, 0.1) is 0 Å². The van der Waals surface area contributed by atoms with Crippen molar-refractivity contribution in [3.63, 3.8) is 0 Å². The highest BCUT2D eigenvalue weighted by Gasteiger charge is 2.21. The third kappa shape index (κ3) is 1.86. The highest BCUT2D eigenvalue weighted by atomic mass is 79.9. The van der Waals surface area contributed by atoms with Gasteiger partial charge in [-0.05, 0) is 30.7 Å². The fraction of sp³-hybridized carbons (Fsp3) is 0.400. The molecule has 0 saturated carbocycles. The third-order valence-electron chi connectivity index (χ3n) is 2.34. The molecule has 13 heavy (non-hydrogen) atoms. The Hall–Kier alpha value is -0.150. The van der Waals surface area contributed by atoms with Crippen LogP contribution in [0.25, 0.3) is 0 Å². The summed E-state index contributed by atoms with van der Waals surface area (Å²) in [6.45, 7) is 0. The normalized spacial score (nSPS) is 22.1. The number of halogens is 1. The van der Waals surface area contributed by atoms with Crippen molar-refractivity contribution in [2.45, 2.75) is 18.1 Å². The van der Waals surface area contributed by atoms with Gasteiger partial charge in [-0.15, -0.1) is 0 Å². The largest absolute Gasteiger partial charge is 0.398 e. The van der Waals surface area contributed by atoms with Crippen molar-refractivity contribution in [3.05, 3.63) is 28.2 Å². The number of nitrogen functional groups attached to an aromatic ring is 1. The van der Waals surface area contributed by atoms with E-state index >= 15 is 0 Å². The van der Waals surface area contributed by atoms with E-state index in [0.29, 0.717) is 5.25 Å². The Morgan fingerprint density at radius 3 is 2.92 bits per heavy atom. The van der Waals surface area contributed by atoms with Crippen LogP contribution in [-0.2, 0) is 0 Å². The fourth-order valence-corrected chi connectivity index (χ4v) is 3.89. The van der Waals surface area contributed by atoms with Gasteiger partial charge in [0.15, 0.2) is 0 Å². The lowest BCUT2D eigenvalue weighted by atomic mass is 10.1. The van der Waals surface area contributed by atoms with Crippen LogP contribution in [0.15, 0.2) is 22.7 Å². The topological polar surface area (TPSA) is 26.0 Å². The summed E-state index contributed by atoms with van der Waals surface area (Å²) in [7, 11) is 0. The lowest BCUT2D eigenvalue weighted by Crippen LogP contribution is -1.97. The minimum absolute atomic E-state index is 0.607. The number of hydrogen-bond donors (Lipinski definition) is 1. The fourth-order valence-electron chi connectivity index (χ4n) is 1.70. The van der Waals surface area contributed by atoms with Gasteiger partial charge in [-0.25, -0.2) is 0 Å². The van der Waals surface area contributed by atoms with Crippen molar-refractivity contribution in [1.82, 2.24) is 0 Å². The van der Waals surface area contributed by atoms with Gasteiger partial charge in [-0.2, -0.15) is 11.8 Å². The molecule has 0 spiro atoms. The first-order valence-corrected chi connectivity index (χ1v) is 6.28. The highest BCUT2D eigenvalue weighted by Crippen LogP contribution is 2.44. The second kappa shape index (κ2) is 3.93. The standard InChI is InChI=1S/C10H12BrNS/c11-7-3-1-4-8(12)10(7)9-5-2-6-13-9/h1,3-4,9H,2,5-6,12H2. The molecule has 1 saturated heterocycles. The lowest BCUT2D eigenvalue weighted by molar-refractivity contribution is 0.828. The SMILES string of the molecule is Nc1cccc(Br)c1C1CCCS1. The van der Waals surface area contributed by atoms with Gasteiger partial charge in [-0.3, -0.25) is 0 Å². The van der Waals surface area contributed by atoms with Crippen LogP contribution < -0.4 is 5.73 Å². The first kappa shape index (κ1) is 9.41. The molecule has 0 radical (unpaired) electrons. The van der Waals surface area contributed by atoms with Crippen LogP contribution in [-0.4, -0.2) is 5.75 Å². The van der Waals surface area contributed by atoms with Crippen LogP contribution in [0.4, 0.5) is 5.69 Å². The van der Waals surface area contributed by atoms with Gasteiger partial charge in [0, 0.05) is 21.0 Å². The molecule has 70 valence electrons. The zero-order chi connectivity index (χ0) is 9.26. The summed E-state index contributed by atoms with van der Waals surface area (Å²) in [5, 5.41) is 0.607. The van der Waals surface area contributed by atoms with E-state index < -0.39 is 0 Å². The molecule has 1 nitrogen and oxygen atoms in total. The van der Waals surface area contributed by atoms with Crippen molar-refractivity contribution in [3.8, 4) is 0 Å². The van der Waals surface area contributed by atoms with Crippen LogP contribution >= 0.6 is 27.7 Å². The van der Waals surface area contributed by atoms with Crippen LogP contribution in [0.2, 0.25) is 0 Å². The molecule has 1 atom stereocenters. The van der Waals surface area contributed by atoms with E-state index in [1.807, 2.05) is 23.9 Å². The smallest absolute Gasteiger partial charge is 0.0369 e. The molecule has 1 aliphatic heterocycles. The van der Waals surface area contributed by atoms with Crippen molar-refractivity contribution >= 4 is 33.4 Å². The van der Waals surface area contributed by atoms with E-state index in [2.05, 4.69) is 22.0 Å². The molecule has 1 aromatic carbocycles. The zero-order valence-electron chi connectivity index (χ0n) is 7.29. The molecule has 3 heteroatoms. The first-order chi connectivity index (χ1) is 6.29. The van der Waals surface area contributed by atoms with Gasteiger partial charge in [0.1, 0.15) is 0 Å². The number of nitrogens with two attached hydrogens (primary N) is 1. The Kier molecular flexibility index (Phi) is 2.84. The summed E-state index contributed by atoms with van der Waals surface area (Å²) in [6.07, 6.45) is 2.58. The maximum atomic E-state index is 5.96. The van der Waals surface area contributed by atoms with E-state index in [4.69, 9.17) is 5.73 Å². The van der Waals surface area contributed by atoms with Gasteiger partial charge in [0.25, 0.3) is 0 Å².